The molecule has 0 atom stereocenters. The van der Waals surface area contributed by atoms with Gasteiger partial charge in [0.2, 0.25) is 0 Å². The van der Waals surface area contributed by atoms with E-state index in [1.165, 1.54) is 42.5 Å². The lowest BCUT2D eigenvalue weighted by Gasteiger charge is -2.17. The molecule has 2 rings (SSSR count). The molecule has 0 radical (unpaired) electrons. The van der Waals surface area contributed by atoms with E-state index in [1.807, 2.05) is 0 Å². The van der Waals surface area contributed by atoms with Gasteiger partial charge in [-0.1, -0.05) is 12.1 Å². The van der Waals surface area contributed by atoms with Gasteiger partial charge in [-0.2, -0.15) is 9.78 Å². The Morgan fingerprint density at radius 3 is 1.62 bits per heavy atom. The maximum atomic E-state index is 13.2. The minimum atomic E-state index is -0.845. The lowest BCUT2D eigenvalue weighted by atomic mass is 9.95. The fraction of sp³-hybridized carbons (Fsp3) is 0.360. The molecular weight excluding hydrogens is 444 g/mol. The van der Waals surface area contributed by atoms with Gasteiger partial charge >= 0.3 is 17.9 Å². The Labute approximate surface area is 197 Å². The molecule has 182 valence electrons. The normalized spacial score (nSPS) is 11.5. The third-order valence-electron chi connectivity index (χ3n) is 4.00. The minimum absolute atomic E-state index is 0.0159. The van der Waals surface area contributed by atoms with Gasteiger partial charge in [-0.05, 0) is 71.9 Å². The fourth-order valence-corrected chi connectivity index (χ4v) is 2.51. The molecule has 0 aliphatic carbocycles. The number of esters is 1. The molecule has 0 aliphatic heterocycles. The third-order valence-corrected chi connectivity index (χ3v) is 4.00. The van der Waals surface area contributed by atoms with Crippen LogP contribution in [0.25, 0.3) is 0 Å². The van der Waals surface area contributed by atoms with Gasteiger partial charge in [0.05, 0.1) is 23.8 Å². The zero-order valence-corrected chi connectivity index (χ0v) is 20.2. The fourth-order valence-electron chi connectivity index (χ4n) is 2.51. The van der Waals surface area contributed by atoms with Gasteiger partial charge in [0.25, 0.3) is 0 Å². The minimum Gasteiger partial charge on any atom is -0.465 e. The number of ketones is 1. The van der Waals surface area contributed by atoms with E-state index in [2.05, 4.69) is 0 Å². The average Bonchev–Trinajstić information content (AvgIpc) is 2.78. The Bertz CT molecular complexity index is 1090. The highest BCUT2D eigenvalue weighted by atomic mass is 17.2. The van der Waals surface area contributed by atoms with Gasteiger partial charge in [0.1, 0.15) is 11.2 Å². The van der Waals surface area contributed by atoms with Crippen LogP contribution in [0.5, 0.6) is 0 Å². The summed E-state index contributed by atoms with van der Waals surface area (Å²) < 4.78 is 4.77. The molecule has 0 heterocycles. The summed E-state index contributed by atoms with van der Waals surface area (Å²) in [7, 11) is 1.15. The molecule has 9 nitrogen and oxygen atoms in total. The summed E-state index contributed by atoms with van der Waals surface area (Å²) in [5, 5.41) is 0. The van der Waals surface area contributed by atoms with Crippen LogP contribution >= 0.6 is 0 Å². The number of hydrogen-bond acceptors (Lipinski definition) is 9. The molecule has 0 saturated heterocycles. The van der Waals surface area contributed by atoms with Crippen molar-refractivity contribution in [3.63, 3.8) is 0 Å². The highest BCUT2D eigenvalue weighted by Crippen LogP contribution is 2.21. The zero-order valence-electron chi connectivity index (χ0n) is 20.2. The van der Waals surface area contributed by atoms with E-state index in [1.54, 1.807) is 41.5 Å². The van der Waals surface area contributed by atoms with Crippen molar-refractivity contribution in [1.82, 2.24) is 0 Å². The first kappa shape index (κ1) is 26.7. The molecule has 0 bridgehead atoms. The summed E-state index contributed by atoms with van der Waals surface area (Å²) in [6.07, 6.45) is 0. The van der Waals surface area contributed by atoms with Crippen LogP contribution in [0.15, 0.2) is 42.5 Å². The lowest BCUT2D eigenvalue weighted by Crippen LogP contribution is -2.22. The van der Waals surface area contributed by atoms with E-state index < -0.39 is 34.9 Å². The highest BCUT2D eigenvalue weighted by molar-refractivity contribution is 6.15. The van der Waals surface area contributed by atoms with E-state index >= 15 is 0 Å². The Balaban J connectivity index is 2.35. The van der Waals surface area contributed by atoms with E-state index in [0.717, 1.165) is 7.11 Å². The number of ether oxygens (including phenoxy) is 1. The maximum Gasteiger partial charge on any atom is 0.373 e. The van der Waals surface area contributed by atoms with E-state index in [4.69, 9.17) is 24.3 Å². The van der Waals surface area contributed by atoms with Gasteiger partial charge in [-0.15, -0.1) is 0 Å². The molecule has 0 saturated carbocycles. The van der Waals surface area contributed by atoms with Crippen LogP contribution in [-0.2, 0) is 24.3 Å². The largest absolute Gasteiger partial charge is 0.465 e. The van der Waals surface area contributed by atoms with Crippen LogP contribution < -0.4 is 0 Å². The Hall–Kier alpha value is -3.56. The second-order valence-corrected chi connectivity index (χ2v) is 9.29. The monoisotopic (exact) mass is 472 g/mol. The van der Waals surface area contributed by atoms with Gasteiger partial charge in [-0.25, -0.2) is 14.4 Å². The zero-order chi connectivity index (χ0) is 25.7. The third kappa shape index (κ3) is 7.50. The SMILES string of the molecule is COC(=O)c1cc(C(=O)OOC(C)(C)C)ccc1C(=O)c1cccc(C(=O)OOC(C)(C)C)c1. The molecule has 34 heavy (non-hydrogen) atoms. The van der Waals surface area contributed by atoms with E-state index in [-0.39, 0.29) is 27.8 Å². The molecule has 0 unspecified atom stereocenters. The standard InChI is InChI=1S/C25H28O9/c1-24(2,3)33-31-21(27)16-10-8-9-15(13-16)20(26)18-12-11-17(14-19(18)23(29)30-7)22(28)32-34-25(4,5)6/h8-14H,1-7H3. The summed E-state index contributed by atoms with van der Waals surface area (Å²) in [6.45, 7) is 10.2. The predicted molar refractivity (Wildman–Crippen MR) is 120 cm³/mol. The lowest BCUT2D eigenvalue weighted by molar-refractivity contribution is -0.301. The first-order chi connectivity index (χ1) is 15.7. The maximum absolute atomic E-state index is 13.2. The Morgan fingerprint density at radius 2 is 1.12 bits per heavy atom. The van der Waals surface area contributed by atoms with E-state index in [0.29, 0.717) is 0 Å². The molecule has 9 heteroatoms. The van der Waals surface area contributed by atoms with Crippen molar-refractivity contribution in [2.75, 3.05) is 7.11 Å². The molecule has 0 aromatic heterocycles. The summed E-state index contributed by atoms with van der Waals surface area (Å²) in [5.74, 6) is -3.03. The molecule has 0 amide bonds. The summed E-state index contributed by atoms with van der Waals surface area (Å²) in [6, 6.07) is 9.55. The van der Waals surface area contributed by atoms with Crippen molar-refractivity contribution < 1.29 is 43.5 Å². The van der Waals surface area contributed by atoms with Gasteiger partial charge in [0.15, 0.2) is 5.78 Å². The molecule has 0 N–H and O–H groups in total. The molecule has 0 spiro atoms. The van der Waals surface area contributed by atoms with Gasteiger partial charge in [0, 0.05) is 11.1 Å². The first-order valence-electron chi connectivity index (χ1n) is 10.4. The van der Waals surface area contributed by atoms with Crippen molar-refractivity contribution in [2.45, 2.75) is 52.7 Å². The molecular formula is C25H28O9. The number of benzene rings is 2. The van der Waals surface area contributed by atoms with Crippen molar-refractivity contribution in [3.8, 4) is 0 Å². The van der Waals surface area contributed by atoms with Crippen LogP contribution in [0.1, 0.15) is 88.5 Å². The number of methoxy groups -OCH3 is 1. The van der Waals surface area contributed by atoms with Crippen molar-refractivity contribution >= 4 is 23.7 Å². The van der Waals surface area contributed by atoms with Gasteiger partial charge < -0.3 is 4.74 Å². The number of hydrogen-bond donors (Lipinski definition) is 0. The van der Waals surface area contributed by atoms with Crippen molar-refractivity contribution in [2.24, 2.45) is 0 Å². The van der Waals surface area contributed by atoms with Crippen molar-refractivity contribution in [3.05, 3.63) is 70.3 Å². The molecule has 2 aromatic rings. The summed E-state index contributed by atoms with van der Waals surface area (Å²) >= 11 is 0. The van der Waals surface area contributed by atoms with Crippen LogP contribution in [0, 0.1) is 0 Å². The smallest absolute Gasteiger partial charge is 0.373 e. The molecule has 2 aromatic carbocycles. The quantitative estimate of drug-likeness (QED) is 0.249. The average molecular weight is 472 g/mol. The molecule has 0 aliphatic rings. The van der Waals surface area contributed by atoms with Crippen molar-refractivity contribution in [1.29, 1.82) is 0 Å². The van der Waals surface area contributed by atoms with Crippen LogP contribution in [0.2, 0.25) is 0 Å². The van der Waals surface area contributed by atoms with E-state index in [9.17, 15) is 19.2 Å². The second-order valence-electron chi connectivity index (χ2n) is 9.29. The van der Waals surface area contributed by atoms with Crippen LogP contribution in [0.4, 0.5) is 0 Å². The number of carbonyl (C=O) groups is 4. The Morgan fingerprint density at radius 1 is 0.618 bits per heavy atom. The topological polar surface area (TPSA) is 114 Å². The molecule has 0 fully saturated rings. The first-order valence-corrected chi connectivity index (χ1v) is 10.4. The van der Waals surface area contributed by atoms with Crippen LogP contribution in [-0.4, -0.2) is 42.0 Å². The summed E-state index contributed by atoms with van der Waals surface area (Å²) in [5.41, 5.74) is -1.45. The highest BCUT2D eigenvalue weighted by Gasteiger charge is 2.24. The number of carbonyl (C=O) groups excluding carboxylic acids is 4. The summed E-state index contributed by atoms with van der Waals surface area (Å²) in [4.78, 5) is 69.8. The second kappa shape index (κ2) is 10.6. The van der Waals surface area contributed by atoms with Crippen LogP contribution in [0.3, 0.4) is 0 Å². The van der Waals surface area contributed by atoms with Gasteiger partial charge in [-0.3, -0.25) is 14.6 Å². The Kier molecular flexibility index (Phi) is 8.31. The predicted octanol–water partition coefficient (Wildman–Crippen LogP) is 4.48. The number of rotatable bonds is 7.